The van der Waals surface area contributed by atoms with Gasteiger partial charge in [0, 0.05) is 24.4 Å². The van der Waals surface area contributed by atoms with Crippen LogP contribution >= 0.6 is 11.6 Å². The van der Waals surface area contributed by atoms with Gasteiger partial charge >= 0.3 is 5.63 Å². The third-order valence-corrected chi connectivity index (χ3v) is 4.42. The summed E-state index contributed by atoms with van der Waals surface area (Å²) in [6.45, 7) is 0.777. The van der Waals surface area contributed by atoms with Crippen LogP contribution in [0.5, 0.6) is 0 Å². The quantitative estimate of drug-likeness (QED) is 0.847. The number of fused-ring (bicyclic) bond motifs is 1. The number of benzene rings is 1. The summed E-state index contributed by atoms with van der Waals surface area (Å²) in [5.41, 5.74) is 4.80. The molecule has 0 unspecified atom stereocenters. The van der Waals surface area contributed by atoms with Crippen LogP contribution in [-0.2, 0) is 4.79 Å². The maximum atomic E-state index is 12.5. The molecule has 0 saturated carbocycles. The molecule has 7 heteroatoms. The van der Waals surface area contributed by atoms with Crippen molar-refractivity contribution in [1.29, 1.82) is 0 Å². The number of carbonyl (C=O) groups excluding carboxylic acids is 2. The van der Waals surface area contributed by atoms with Crippen LogP contribution in [0.3, 0.4) is 0 Å². The lowest BCUT2D eigenvalue weighted by Crippen LogP contribution is -2.42. The van der Waals surface area contributed by atoms with Crippen molar-refractivity contribution in [2.24, 2.45) is 11.7 Å². The topological polar surface area (TPSA) is 93.6 Å². The van der Waals surface area contributed by atoms with Gasteiger partial charge in [0.15, 0.2) is 5.58 Å². The predicted octanol–water partition coefficient (Wildman–Crippen LogP) is 1.78. The molecule has 2 amide bonds. The predicted molar refractivity (Wildman–Crippen MR) is 85.3 cm³/mol. The maximum absolute atomic E-state index is 12.5. The van der Waals surface area contributed by atoms with E-state index in [1.807, 2.05) is 0 Å². The monoisotopic (exact) mass is 334 g/mol. The molecule has 0 radical (unpaired) electrons. The Morgan fingerprint density at radius 1 is 1.26 bits per heavy atom. The fraction of sp³-hybridized carbons (Fsp3) is 0.312. The van der Waals surface area contributed by atoms with Gasteiger partial charge in [-0.3, -0.25) is 9.59 Å². The number of nitrogens with two attached hydrogens (primary N) is 1. The van der Waals surface area contributed by atoms with E-state index < -0.39 is 11.5 Å². The van der Waals surface area contributed by atoms with E-state index in [-0.39, 0.29) is 23.0 Å². The Hall–Kier alpha value is -2.34. The molecule has 0 aliphatic carbocycles. The summed E-state index contributed by atoms with van der Waals surface area (Å²) in [6.07, 6.45) is 1.01. The summed E-state index contributed by atoms with van der Waals surface area (Å²) in [5.74, 6) is -0.966. The van der Waals surface area contributed by atoms with Crippen molar-refractivity contribution in [3.05, 3.63) is 45.3 Å². The average Bonchev–Trinajstić information content (AvgIpc) is 2.55. The molecule has 120 valence electrons. The molecular weight excluding hydrogens is 320 g/mol. The van der Waals surface area contributed by atoms with E-state index in [4.69, 9.17) is 21.8 Å². The standard InChI is InChI=1S/C16H15ClN2O4/c17-12-3-1-2-10-8-11(16(22)23-13(10)12)15(21)19-6-4-9(5-7-19)14(18)20/h1-3,8-9H,4-7H2,(H2,18,20). The van der Waals surface area contributed by atoms with E-state index in [0.717, 1.165) is 0 Å². The van der Waals surface area contributed by atoms with Crippen LogP contribution in [0, 0.1) is 5.92 Å². The van der Waals surface area contributed by atoms with Gasteiger partial charge in [-0.2, -0.15) is 0 Å². The first-order valence-electron chi connectivity index (χ1n) is 7.28. The molecule has 0 spiro atoms. The Labute approximate surface area is 136 Å². The molecule has 6 nitrogen and oxygen atoms in total. The first kappa shape index (κ1) is 15.6. The number of amides is 2. The summed E-state index contributed by atoms with van der Waals surface area (Å²) in [6, 6.07) is 6.55. The fourth-order valence-corrected chi connectivity index (χ4v) is 3.02. The van der Waals surface area contributed by atoms with Gasteiger partial charge in [-0.15, -0.1) is 0 Å². The molecule has 3 rings (SSSR count). The number of primary amides is 1. The van der Waals surface area contributed by atoms with Gasteiger partial charge in [-0.05, 0) is 25.0 Å². The Bertz CT molecular complexity index is 838. The molecule has 2 aromatic rings. The first-order valence-corrected chi connectivity index (χ1v) is 7.66. The maximum Gasteiger partial charge on any atom is 0.349 e. The number of piperidine rings is 1. The summed E-state index contributed by atoms with van der Waals surface area (Å²) in [4.78, 5) is 37.4. The number of para-hydroxylation sites is 1. The van der Waals surface area contributed by atoms with Gasteiger partial charge in [-0.1, -0.05) is 23.7 Å². The zero-order valence-electron chi connectivity index (χ0n) is 12.3. The third-order valence-electron chi connectivity index (χ3n) is 4.13. The molecule has 0 atom stereocenters. The molecule has 1 aromatic carbocycles. The first-order chi connectivity index (χ1) is 11.0. The number of hydrogen-bond acceptors (Lipinski definition) is 4. The van der Waals surface area contributed by atoms with E-state index in [9.17, 15) is 14.4 Å². The lowest BCUT2D eigenvalue weighted by molar-refractivity contribution is -0.123. The van der Waals surface area contributed by atoms with E-state index in [1.165, 1.54) is 6.07 Å². The molecule has 1 aromatic heterocycles. The van der Waals surface area contributed by atoms with Crippen LogP contribution in [0.4, 0.5) is 0 Å². The number of nitrogens with zero attached hydrogens (tertiary/aromatic N) is 1. The van der Waals surface area contributed by atoms with E-state index in [0.29, 0.717) is 36.3 Å². The van der Waals surface area contributed by atoms with Crippen molar-refractivity contribution < 1.29 is 14.0 Å². The average molecular weight is 335 g/mol. The van der Waals surface area contributed by atoms with Crippen LogP contribution in [0.1, 0.15) is 23.2 Å². The van der Waals surface area contributed by atoms with Crippen molar-refractivity contribution in [3.63, 3.8) is 0 Å². The second-order valence-electron chi connectivity index (χ2n) is 5.57. The number of carbonyl (C=O) groups is 2. The highest BCUT2D eigenvalue weighted by Gasteiger charge is 2.28. The molecule has 2 heterocycles. The molecular formula is C16H15ClN2O4. The minimum Gasteiger partial charge on any atom is -0.421 e. The minimum absolute atomic E-state index is 0.0303. The minimum atomic E-state index is -0.715. The Kier molecular flexibility index (Phi) is 4.09. The van der Waals surface area contributed by atoms with Crippen molar-refractivity contribution in [2.45, 2.75) is 12.8 Å². The largest absolute Gasteiger partial charge is 0.421 e. The highest BCUT2D eigenvalue weighted by Crippen LogP contribution is 2.23. The molecule has 23 heavy (non-hydrogen) atoms. The van der Waals surface area contributed by atoms with Crippen LogP contribution in [0.2, 0.25) is 5.02 Å². The molecule has 0 bridgehead atoms. The van der Waals surface area contributed by atoms with Gasteiger partial charge in [0.05, 0.1) is 5.02 Å². The smallest absolute Gasteiger partial charge is 0.349 e. The van der Waals surface area contributed by atoms with Crippen LogP contribution in [0.25, 0.3) is 11.0 Å². The fourth-order valence-electron chi connectivity index (χ4n) is 2.80. The number of likely N-dealkylation sites (tertiary alicyclic amines) is 1. The summed E-state index contributed by atoms with van der Waals surface area (Å²) in [5, 5.41) is 0.911. The van der Waals surface area contributed by atoms with Crippen LogP contribution < -0.4 is 11.4 Å². The van der Waals surface area contributed by atoms with Gasteiger partial charge in [-0.25, -0.2) is 4.79 Å². The molecule has 1 saturated heterocycles. The van der Waals surface area contributed by atoms with Crippen molar-refractivity contribution in [3.8, 4) is 0 Å². The zero-order valence-corrected chi connectivity index (χ0v) is 13.0. The SMILES string of the molecule is NC(=O)C1CCN(C(=O)c2cc3cccc(Cl)c3oc2=O)CC1. The molecule has 1 aliphatic rings. The van der Waals surface area contributed by atoms with Crippen LogP contribution in [0.15, 0.2) is 33.5 Å². The normalized spacial score (nSPS) is 15.8. The molecule has 1 fully saturated rings. The second-order valence-corrected chi connectivity index (χ2v) is 5.98. The number of halogens is 1. The summed E-state index contributed by atoms with van der Waals surface area (Å²) >= 11 is 5.98. The van der Waals surface area contributed by atoms with Gasteiger partial charge < -0.3 is 15.1 Å². The van der Waals surface area contributed by atoms with E-state index >= 15 is 0 Å². The third kappa shape index (κ3) is 2.94. The zero-order chi connectivity index (χ0) is 16.6. The Morgan fingerprint density at radius 2 is 1.96 bits per heavy atom. The molecule has 2 N–H and O–H groups in total. The Balaban J connectivity index is 1.89. The number of hydrogen-bond donors (Lipinski definition) is 1. The van der Waals surface area contributed by atoms with Gasteiger partial charge in [0.25, 0.3) is 5.91 Å². The van der Waals surface area contributed by atoms with E-state index in [1.54, 1.807) is 23.1 Å². The van der Waals surface area contributed by atoms with Crippen molar-refractivity contribution >= 4 is 34.4 Å². The van der Waals surface area contributed by atoms with Gasteiger partial charge in [0.1, 0.15) is 5.56 Å². The highest BCUT2D eigenvalue weighted by molar-refractivity contribution is 6.34. The highest BCUT2D eigenvalue weighted by atomic mass is 35.5. The van der Waals surface area contributed by atoms with Gasteiger partial charge in [0.2, 0.25) is 5.91 Å². The van der Waals surface area contributed by atoms with Crippen LogP contribution in [-0.4, -0.2) is 29.8 Å². The number of rotatable bonds is 2. The van der Waals surface area contributed by atoms with Crippen molar-refractivity contribution in [1.82, 2.24) is 4.90 Å². The molecule has 1 aliphatic heterocycles. The van der Waals surface area contributed by atoms with Crippen molar-refractivity contribution in [2.75, 3.05) is 13.1 Å². The second kappa shape index (κ2) is 6.04. The van der Waals surface area contributed by atoms with E-state index in [2.05, 4.69) is 0 Å². The summed E-state index contributed by atoms with van der Waals surface area (Å²) in [7, 11) is 0. The summed E-state index contributed by atoms with van der Waals surface area (Å²) < 4.78 is 5.19. The lowest BCUT2D eigenvalue weighted by Gasteiger charge is -2.30. The lowest BCUT2D eigenvalue weighted by atomic mass is 9.96. The Morgan fingerprint density at radius 3 is 2.61 bits per heavy atom.